The van der Waals surface area contributed by atoms with Crippen molar-refractivity contribution in [3.05, 3.63) is 60.2 Å². The number of aliphatic imine (C=N–C) groups is 1. The molecule has 4 rings (SSSR count). The van der Waals surface area contributed by atoms with Crippen LogP contribution in [0.4, 0.5) is 11.4 Å². The lowest BCUT2D eigenvalue weighted by atomic mass is 10.2. The van der Waals surface area contributed by atoms with Crippen LogP contribution in [-0.2, 0) is 9.59 Å². The third kappa shape index (κ3) is 5.28. The number of thioether (sulfide) groups is 1. The molecule has 2 aliphatic rings. The first-order valence-electron chi connectivity index (χ1n) is 10.5. The summed E-state index contributed by atoms with van der Waals surface area (Å²) < 4.78 is 0. The highest BCUT2D eigenvalue weighted by atomic mass is 32.2. The van der Waals surface area contributed by atoms with E-state index in [2.05, 4.69) is 20.6 Å². The Morgan fingerprint density at radius 1 is 1.09 bits per heavy atom. The van der Waals surface area contributed by atoms with Gasteiger partial charge in [0.05, 0.1) is 5.69 Å². The molecule has 1 atom stereocenters. The zero-order valence-electron chi connectivity index (χ0n) is 17.8. The summed E-state index contributed by atoms with van der Waals surface area (Å²) in [6.45, 7) is 1.83. The Bertz CT molecular complexity index is 1020. The van der Waals surface area contributed by atoms with Gasteiger partial charge in [-0.25, -0.2) is 0 Å². The van der Waals surface area contributed by atoms with Gasteiger partial charge in [0.1, 0.15) is 5.25 Å². The average Bonchev–Trinajstić information content (AvgIpc) is 3.45. The Morgan fingerprint density at radius 2 is 1.78 bits per heavy atom. The SMILES string of the molecule is CN(NC(=O)c1ccc(NC(=O)C[C@@H]2SC(N3CCCC3)=NC2=O)cc1)c1ccccc1. The second-order valence-electron chi connectivity index (χ2n) is 7.70. The topological polar surface area (TPSA) is 94.1 Å². The van der Waals surface area contributed by atoms with Gasteiger partial charge >= 0.3 is 0 Å². The minimum absolute atomic E-state index is 0.0639. The Morgan fingerprint density at radius 3 is 2.47 bits per heavy atom. The van der Waals surface area contributed by atoms with Crippen LogP contribution in [0.5, 0.6) is 0 Å². The molecule has 9 heteroatoms. The maximum atomic E-state index is 12.5. The van der Waals surface area contributed by atoms with Crippen molar-refractivity contribution in [2.24, 2.45) is 4.99 Å². The highest BCUT2D eigenvalue weighted by molar-refractivity contribution is 8.15. The molecule has 2 aromatic rings. The summed E-state index contributed by atoms with van der Waals surface area (Å²) in [4.78, 5) is 43.3. The average molecular weight is 452 g/mol. The summed E-state index contributed by atoms with van der Waals surface area (Å²) in [6, 6.07) is 16.1. The maximum absolute atomic E-state index is 12.5. The Labute approximate surface area is 191 Å². The van der Waals surface area contributed by atoms with Gasteiger partial charge in [0.25, 0.3) is 11.8 Å². The third-order valence-corrected chi connectivity index (χ3v) is 6.53. The molecule has 0 radical (unpaired) electrons. The lowest BCUT2D eigenvalue weighted by Crippen LogP contribution is -2.39. The highest BCUT2D eigenvalue weighted by Gasteiger charge is 2.33. The minimum Gasteiger partial charge on any atom is -0.351 e. The van der Waals surface area contributed by atoms with Crippen molar-refractivity contribution < 1.29 is 14.4 Å². The van der Waals surface area contributed by atoms with Gasteiger partial charge in [0.2, 0.25) is 5.91 Å². The largest absolute Gasteiger partial charge is 0.351 e. The fourth-order valence-corrected chi connectivity index (χ4v) is 4.69. The van der Waals surface area contributed by atoms with Crippen LogP contribution < -0.4 is 15.8 Å². The van der Waals surface area contributed by atoms with Crippen molar-refractivity contribution in [2.45, 2.75) is 24.5 Å². The van der Waals surface area contributed by atoms with E-state index in [1.54, 1.807) is 36.3 Å². The summed E-state index contributed by atoms with van der Waals surface area (Å²) in [6.07, 6.45) is 2.28. The maximum Gasteiger partial charge on any atom is 0.269 e. The summed E-state index contributed by atoms with van der Waals surface area (Å²) in [5.74, 6) is -0.759. The predicted molar refractivity (Wildman–Crippen MR) is 127 cm³/mol. The second kappa shape index (κ2) is 9.86. The Kier molecular flexibility index (Phi) is 6.75. The van der Waals surface area contributed by atoms with E-state index in [4.69, 9.17) is 0 Å². The van der Waals surface area contributed by atoms with Crippen LogP contribution in [0, 0.1) is 0 Å². The second-order valence-corrected chi connectivity index (χ2v) is 8.87. The molecule has 166 valence electrons. The summed E-state index contributed by atoms with van der Waals surface area (Å²) in [7, 11) is 1.77. The number of likely N-dealkylation sites (tertiary alicyclic amines) is 1. The fraction of sp³-hybridized carbons (Fsp3) is 0.304. The fourth-order valence-electron chi connectivity index (χ4n) is 3.57. The van der Waals surface area contributed by atoms with Gasteiger partial charge in [0.15, 0.2) is 5.17 Å². The Balaban J connectivity index is 1.27. The van der Waals surface area contributed by atoms with E-state index in [0.717, 1.165) is 36.8 Å². The van der Waals surface area contributed by atoms with Crippen LogP contribution >= 0.6 is 11.8 Å². The molecule has 1 fully saturated rings. The molecule has 2 heterocycles. The molecule has 0 saturated carbocycles. The molecule has 0 aromatic heterocycles. The molecular weight excluding hydrogens is 426 g/mol. The van der Waals surface area contributed by atoms with Gasteiger partial charge in [-0.15, -0.1) is 0 Å². The number of carbonyl (C=O) groups excluding carboxylic acids is 3. The molecule has 3 amide bonds. The van der Waals surface area contributed by atoms with Crippen molar-refractivity contribution in [3.8, 4) is 0 Å². The zero-order chi connectivity index (χ0) is 22.5. The van der Waals surface area contributed by atoms with Crippen LogP contribution in [0.2, 0.25) is 0 Å². The predicted octanol–water partition coefficient (Wildman–Crippen LogP) is 2.89. The number of para-hydroxylation sites is 1. The first kappa shape index (κ1) is 21.9. The third-order valence-electron chi connectivity index (χ3n) is 5.32. The van der Waals surface area contributed by atoms with Gasteiger partial charge in [-0.05, 0) is 49.2 Å². The number of hydrogen-bond acceptors (Lipinski definition) is 6. The molecular formula is C23H25N5O3S. The molecule has 0 spiro atoms. The molecule has 8 nitrogen and oxygen atoms in total. The lowest BCUT2D eigenvalue weighted by Gasteiger charge is -2.20. The number of hydrazine groups is 1. The quantitative estimate of drug-likeness (QED) is 0.656. The first-order valence-corrected chi connectivity index (χ1v) is 11.4. The van der Waals surface area contributed by atoms with Crippen LogP contribution in [-0.4, -0.2) is 53.2 Å². The highest BCUT2D eigenvalue weighted by Crippen LogP contribution is 2.29. The summed E-state index contributed by atoms with van der Waals surface area (Å²) in [5.41, 5.74) is 4.70. The minimum atomic E-state index is -0.482. The van der Waals surface area contributed by atoms with Crippen LogP contribution in [0.15, 0.2) is 59.6 Å². The lowest BCUT2D eigenvalue weighted by molar-refractivity contribution is -0.121. The normalized spacial score (nSPS) is 17.8. The van der Waals surface area contributed by atoms with Crippen molar-refractivity contribution in [3.63, 3.8) is 0 Å². The molecule has 0 bridgehead atoms. The van der Waals surface area contributed by atoms with E-state index >= 15 is 0 Å². The van der Waals surface area contributed by atoms with Crippen molar-refractivity contribution in [1.82, 2.24) is 10.3 Å². The standard InChI is InChI=1S/C23H25N5O3S/c1-27(18-7-3-2-4-8-18)26-21(30)16-9-11-17(12-10-16)24-20(29)15-19-22(31)25-23(32-19)28-13-5-6-14-28/h2-4,7-12,19H,5-6,13-15H2,1H3,(H,24,29)(H,26,30)/t19-/m0/s1. The smallest absolute Gasteiger partial charge is 0.269 e. The van der Waals surface area contributed by atoms with Crippen LogP contribution in [0.25, 0.3) is 0 Å². The van der Waals surface area contributed by atoms with E-state index < -0.39 is 5.25 Å². The number of benzene rings is 2. The number of nitrogens with zero attached hydrogens (tertiary/aromatic N) is 3. The number of anilines is 2. The summed E-state index contributed by atoms with van der Waals surface area (Å²) in [5, 5.41) is 4.70. The molecule has 1 saturated heterocycles. The van der Waals surface area contributed by atoms with Gasteiger partial charge in [-0.3, -0.25) is 24.8 Å². The van der Waals surface area contributed by atoms with E-state index in [1.807, 2.05) is 30.3 Å². The molecule has 0 unspecified atom stereocenters. The van der Waals surface area contributed by atoms with Crippen LogP contribution in [0.1, 0.15) is 29.6 Å². The van der Waals surface area contributed by atoms with Gasteiger partial charge in [-0.2, -0.15) is 4.99 Å². The number of nitrogens with one attached hydrogen (secondary N) is 2. The monoisotopic (exact) mass is 451 g/mol. The summed E-state index contributed by atoms with van der Waals surface area (Å²) >= 11 is 1.37. The number of hydrogen-bond donors (Lipinski definition) is 2. The number of amides is 3. The Hall–Kier alpha value is -3.33. The number of rotatable bonds is 6. The molecule has 2 aromatic carbocycles. The van der Waals surface area contributed by atoms with E-state index in [0.29, 0.717) is 11.3 Å². The molecule has 2 N–H and O–H groups in total. The van der Waals surface area contributed by atoms with Crippen molar-refractivity contribution >= 4 is 46.0 Å². The first-order chi connectivity index (χ1) is 15.5. The number of amidine groups is 1. The van der Waals surface area contributed by atoms with Gasteiger partial charge in [-0.1, -0.05) is 30.0 Å². The van der Waals surface area contributed by atoms with E-state index in [-0.39, 0.29) is 24.1 Å². The molecule has 32 heavy (non-hydrogen) atoms. The zero-order valence-corrected chi connectivity index (χ0v) is 18.6. The molecule has 2 aliphatic heterocycles. The van der Waals surface area contributed by atoms with E-state index in [9.17, 15) is 14.4 Å². The van der Waals surface area contributed by atoms with Gasteiger partial charge in [0, 0.05) is 37.8 Å². The van der Waals surface area contributed by atoms with Crippen LogP contribution in [0.3, 0.4) is 0 Å². The van der Waals surface area contributed by atoms with Gasteiger partial charge < -0.3 is 10.2 Å². The molecule has 0 aliphatic carbocycles. The van der Waals surface area contributed by atoms with Crippen molar-refractivity contribution in [2.75, 3.05) is 30.5 Å². The van der Waals surface area contributed by atoms with E-state index in [1.165, 1.54) is 11.8 Å². The number of carbonyl (C=O) groups is 3. The van der Waals surface area contributed by atoms with Crippen molar-refractivity contribution in [1.29, 1.82) is 0 Å².